The van der Waals surface area contributed by atoms with Crippen LogP contribution in [0, 0.1) is 0 Å². The Morgan fingerprint density at radius 3 is 2.58 bits per heavy atom. The van der Waals surface area contributed by atoms with Crippen molar-refractivity contribution < 1.29 is 14.7 Å². The van der Waals surface area contributed by atoms with Gasteiger partial charge in [-0.2, -0.15) is 0 Å². The fourth-order valence-electron chi connectivity index (χ4n) is 3.13. The topological polar surface area (TPSA) is 72.9 Å². The highest BCUT2D eigenvalue weighted by atomic mass is 16.3. The van der Waals surface area contributed by atoms with Gasteiger partial charge < -0.3 is 20.2 Å². The molecule has 1 atom stereocenters. The van der Waals surface area contributed by atoms with Crippen molar-refractivity contribution in [1.29, 1.82) is 0 Å². The smallest absolute Gasteiger partial charge is 0.251 e. The number of rotatable bonds is 5. The highest BCUT2D eigenvalue weighted by Gasteiger charge is 2.31. The molecule has 1 fully saturated rings. The second kappa shape index (κ2) is 8.26. The van der Waals surface area contributed by atoms with Gasteiger partial charge in [-0.25, -0.2) is 0 Å². The molecule has 6 nitrogen and oxygen atoms in total. The SMILES string of the molecule is CN(C)C[C@@]1(O)CCCN(C(=O)CNC(=O)c2ccccc2)CC1. The summed E-state index contributed by atoms with van der Waals surface area (Å²) in [5, 5.41) is 13.3. The zero-order valence-electron chi connectivity index (χ0n) is 14.5. The molecule has 2 rings (SSSR count). The van der Waals surface area contributed by atoms with Gasteiger partial charge in [-0.05, 0) is 45.5 Å². The maximum Gasteiger partial charge on any atom is 0.251 e. The fraction of sp³-hybridized carbons (Fsp3) is 0.556. The van der Waals surface area contributed by atoms with Crippen molar-refractivity contribution >= 4 is 11.8 Å². The van der Waals surface area contributed by atoms with E-state index in [0.717, 1.165) is 6.42 Å². The lowest BCUT2D eigenvalue weighted by molar-refractivity contribution is -0.130. The van der Waals surface area contributed by atoms with Crippen molar-refractivity contribution in [3.63, 3.8) is 0 Å². The fourth-order valence-corrected chi connectivity index (χ4v) is 3.13. The summed E-state index contributed by atoms with van der Waals surface area (Å²) < 4.78 is 0. The molecule has 2 N–H and O–H groups in total. The van der Waals surface area contributed by atoms with Crippen LogP contribution in [0.5, 0.6) is 0 Å². The third kappa shape index (κ3) is 5.32. The molecule has 24 heavy (non-hydrogen) atoms. The van der Waals surface area contributed by atoms with Crippen LogP contribution in [0.4, 0.5) is 0 Å². The zero-order valence-corrected chi connectivity index (χ0v) is 14.5. The first kappa shape index (κ1) is 18.4. The Morgan fingerprint density at radius 1 is 1.21 bits per heavy atom. The summed E-state index contributed by atoms with van der Waals surface area (Å²) in [5.74, 6) is -0.351. The van der Waals surface area contributed by atoms with Gasteiger partial charge >= 0.3 is 0 Å². The molecule has 0 unspecified atom stereocenters. The summed E-state index contributed by atoms with van der Waals surface area (Å²) in [6, 6.07) is 8.85. The van der Waals surface area contributed by atoms with Gasteiger partial charge in [0.15, 0.2) is 0 Å². The first-order chi connectivity index (χ1) is 11.4. The number of amides is 2. The maximum atomic E-state index is 12.3. The van der Waals surface area contributed by atoms with Gasteiger partial charge in [0.05, 0.1) is 12.1 Å². The Morgan fingerprint density at radius 2 is 1.92 bits per heavy atom. The molecule has 1 aliphatic rings. The minimum atomic E-state index is -0.744. The number of carbonyl (C=O) groups excluding carboxylic acids is 2. The highest BCUT2D eigenvalue weighted by molar-refractivity contribution is 5.96. The van der Waals surface area contributed by atoms with Crippen LogP contribution in [-0.4, -0.2) is 72.6 Å². The van der Waals surface area contributed by atoms with Gasteiger partial charge in [-0.15, -0.1) is 0 Å². The van der Waals surface area contributed by atoms with Crippen molar-refractivity contribution in [3.8, 4) is 0 Å². The van der Waals surface area contributed by atoms with E-state index in [1.54, 1.807) is 29.2 Å². The van der Waals surface area contributed by atoms with Gasteiger partial charge in [0.1, 0.15) is 0 Å². The molecule has 0 saturated carbocycles. The molecule has 0 radical (unpaired) electrons. The number of nitrogens with zero attached hydrogens (tertiary/aromatic N) is 2. The molecular formula is C18H27N3O3. The normalized spacial score (nSPS) is 21.4. The van der Waals surface area contributed by atoms with E-state index in [4.69, 9.17) is 0 Å². The Hall–Kier alpha value is -1.92. The molecule has 0 aromatic heterocycles. The standard InChI is InChI=1S/C18H27N3O3/c1-20(2)14-18(24)9-6-11-21(12-10-18)16(22)13-19-17(23)15-7-4-3-5-8-15/h3-5,7-8,24H,6,9-14H2,1-2H3,(H,19,23)/t18-/m1/s1. The maximum absolute atomic E-state index is 12.3. The Labute approximate surface area is 143 Å². The summed E-state index contributed by atoms with van der Waals surface area (Å²) in [4.78, 5) is 28.0. The lowest BCUT2D eigenvalue weighted by Crippen LogP contribution is -2.43. The molecule has 132 valence electrons. The van der Waals surface area contributed by atoms with Crippen LogP contribution in [0.1, 0.15) is 29.6 Å². The molecule has 6 heteroatoms. The van der Waals surface area contributed by atoms with Gasteiger partial charge in [-0.3, -0.25) is 9.59 Å². The lowest BCUT2D eigenvalue weighted by Gasteiger charge is -2.30. The first-order valence-electron chi connectivity index (χ1n) is 8.38. The van der Waals surface area contributed by atoms with E-state index in [1.165, 1.54) is 0 Å². The van der Waals surface area contributed by atoms with E-state index < -0.39 is 5.60 Å². The van der Waals surface area contributed by atoms with Crippen molar-refractivity contribution in [2.75, 3.05) is 40.3 Å². The molecular weight excluding hydrogens is 306 g/mol. The molecule has 2 amide bonds. The summed E-state index contributed by atoms with van der Waals surface area (Å²) in [7, 11) is 3.87. The second-order valence-electron chi connectivity index (χ2n) is 6.75. The van der Waals surface area contributed by atoms with Gasteiger partial charge in [0.2, 0.25) is 5.91 Å². The van der Waals surface area contributed by atoms with E-state index in [1.807, 2.05) is 25.1 Å². The van der Waals surface area contributed by atoms with E-state index in [-0.39, 0.29) is 18.4 Å². The van der Waals surface area contributed by atoms with Crippen LogP contribution in [0.3, 0.4) is 0 Å². The van der Waals surface area contributed by atoms with Crippen molar-refractivity contribution in [2.45, 2.75) is 24.9 Å². The molecule has 1 saturated heterocycles. The van der Waals surface area contributed by atoms with Crippen LogP contribution < -0.4 is 5.32 Å². The molecule has 0 spiro atoms. The molecule has 0 aliphatic carbocycles. The monoisotopic (exact) mass is 333 g/mol. The van der Waals surface area contributed by atoms with Crippen LogP contribution in [0.2, 0.25) is 0 Å². The molecule has 1 heterocycles. The lowest BCUT2D eigenvalue weighted by atomic mass is 9.94. The number of likely N-dealkylation sites (N-methyl/N-ethyl adjacent to an activating group) is 1. The van der Waals surface area contributed by atoms with E-state index in [9.17, 15) is 14.7 Å². The van der Waals surface area contributed by atoms with E-state index in [0.29, 0.717) is 38.0 Å². The second-order valence-corrected chi connectivity index (χ2v) is 6.75. The average Bonchev–Trinajstić information content (AvgIpc) is 2.74. The minimum Gasteiger partial charge on any atom is -0.388 e. The Balaban J connectivity index is 1.84. The average molecular weight is 333 g/mol. The predicted octanol–water partition coefficient (Wildman–Crippen LogP) is 0.722. The first-order valence-corrected chi connectivity index (χ1v) is 8.38. The number of carbonyl (C=O) groups is 2. The molecule has 1 aliphatic heterocycles. The largest absolute Gasteiger partial charge is 0.388 e. The van der Waals surface area contributed by atoms with Crippen molar-refractivity contribution in [1.82, 2.24) is 15.1 Å². The molecule has 1 aromatic rings. The summed E-state index contributed by atoms with van der Waals surface area (Å²) in [5.41, 5.74) is -0.201. The molecule has 1 aromatic carbocycles. The van der Waals surface area contributed by atoms with E-state index >= 15 is 0 Å². The minimum absolute atomic E-state index is 0.0141. The van der Waals surface area contributed by atoms with Crippen molar-refractivity contribution in [3.05, 3.63) is 35.9 Å². The number of aliphatic hydroxyl groups is 1. The Kier molecular flexibility index (Phi) is 6.34. The van der Waals surface area contributed by atoms with Crippen LogP contribution in [0.15, 0.2) is 30.3 Å². The number of nitrogens with one attached hydrogen (secondary N) is 1. The third-order valence-corrected chi connectivity index (χ3v) is 4.32. The van der Waals surface area contributed by atoms with Crippen LogP contribution in [-0.2, 0) is 4.79 Å². The Bertz CT molecular complexity index is 562. The number of hydrogen-bond donors (Lipinski definition) is 2. The van der Waals surface area contributed by atoms with E-state index in [2.05, 4.69) is 5.32 Å². The predicted molar refractivity (Wildman–Crippen MR) is 92.7 cm³/mol. The van der Waals surface area contributed by atoms with Gasteiger partial charge in [0, 0.05) is 25.2 Å². The van der Waals surface area contributed by atoms with Crippen LogP contribution in [0.25, 0.3) is 0 Å². The number of benzene rings is 1. The third-order valence-electron chi connectivity index (χ3n) is 4.32. The van der Waals surface area contributed by atoms with Gasteiger partial charge in [-0.1, -0.05) is 18.2 Å². The highest BCUT2D eigenvalue weighted by Crippen LogP contribution is 2.23. The van der Waals surface area contributed by atoms with Crippen molar-refractivity contribution in [2.24, 2.45) is 0 Å². The van der Waals surface area contributed by atoms with Gasteiger partial charge in [0.25, 0.3) is 5.91 Å². The number of hydrogen-bond acceptors (Lipinski definition) is 4. The zero-order chi connectivity index (χ0) is 17.6. The summed E-state index contributed by atoms with van der Waals surface area (Å²) in [6.45, 7) is 1.72. The molecule has 0 bridgehead atoms. The van der Waals surface area contributed by atoms with Crippen LogP contribution >= 0.6 is 0 Å². The quantitative estimate of drug-likeness (QED) is 0.833. The number of likely N-dealkylation sites (tertiary alicyclic amines) is 1. The summed E-state index contributed by atoms with van der Waals surface area (Å²) in [6.07, 6.45) is 2.01. The summed E-state index contributed by atoms with van der Waals surface area (Å²) >= 11 is 0.